The van der Waals surface area contributed by atoms with Crippen molar-refractivity contribution in [3.05, 3.63) is 59.4 Å². The number of carbonyl (C=O) groups excluding carboxylic acids is 1. The fourth-order valence-electron chi connectivity index (χ4n) is 3.35. The van der Waals surface area contributed by atoms with Gasteiger partial charge in [-0.3, -0.25) is 4.79 Å². The molecule has 0 bridgehead atoms. The molecule has 0 radical (unpaired) electrons. The minimum atomic E-state index is -3.76. The molecule has 0 spiro atoms. The zero-order chi connectivity index (χ0) is 23.9. The number of rotatable bonds is 11. The van der Waals surface area contributed by atoms with Crippen molar-refractivity contribution in [2.45, 2.75) is 53.6 Å². The van der Waals surface area contributed by atoms with Gasteiger partial charge in [-0.05, 0) is 58.4 Å². The van der Waals surface area contributed by atoms with Crippen molar-refractivity contribution >= 4 is 21.7 Å². The van der Waals surface area contributed by atoms with Crippen molar-refractivity contribution < 1.29 is 21.8 Å². The van der Waals surface area contributed by atoms with E-state index in [0.717, 1.165) is 18.8 Å². The van der Waals surface area contributed by atoms with Gasteiger partial charge >= 0.3 is 10.1 Å². The summed E-state index contributed by atoms with van der Waals surface area (Å²) in [5, 5.41) is 0. The number of anilines is 1. The second-order valence-electron chi connectivity index (χ2n) is 7.59. The molecule has 2 aromatic rings. The van der Waals surface area contributed by atoms with Crippen LogP contribution in [0.1, 0.15) is 57.0 Å². The number of halogens is 1. The molecule has 0 aromatic heterocycles. The fraction of sp³-hybridized carbons (Fsp3) is 0.458. The second-order valence-corrected chi connectivity index (χ2v) is 9.45. The monoisotopic (exact) mass is 464 g/mol. The van der Waals surface area contributed by atoms with Crippen LogP contribution < -0.4 is 9.08 Å². The van der Waals surface area contributed by atoms with Crippen molar-refractivity contribution in [2.75, 3.05) is 23.7 Å². The molecule has 0 aliphatic carbocycles. The van der Waals surface area contributed by atoms with Crippen LogP contribution >= 0.6 is 0 Å². The Morgan fingerprint density at radius 3 is 2.31 bits per heavy atom. The van der Waals surface area contributed by atoms with Crippen LogP contribution in [0.15, 0.2) is 42.5 Å². The Labute approximate surface area is 191 Å². The maximum Gasteiger partial charge on any atom is 0.308 e. The average Bonchev–Trinajstić information content (AvgIpc) is 2.78. The van der Waals surface area contributed by atoms with Gasteiger partial charge in [0.15, 0.2) is 0 Å². The summed E-state index contributed by atoms with van der Waals surface area (Å²) in [6, 6.07) is 10.8. The summed E-state index contributed by atoms with van der Waals surface area (Å²) in [7, 11) is -3.76. The first kappa shape index (κ1) is 25.6. The molecule has 176 valence electrons. The van der Waals surface area contributed by atoms with Gasteiger partial charge in [-0.2, -0.15) is 8.42 Å². The molecule has 32 heavy (non-hydrogen) atoms. The van der Waals surface area contributed by atoms with Gasteiger partial charge in [-0.1, -0.05) is 19.1 Å². The molecule has 6 nitrogen and oxygen atoms in total. The van der Waals surface area contributed by atoms with Crippen LogP contribution in [0.2, 0.25) is 0 Å². The first-order chi connectivity index (χ1) is 15.1. The summed E-state index contributed by atoms with van der Waals surface area (Å²) in [6.45, 7) is 11.1. The topological polar surface area (TPSA) is 66.9 Å². The zero-order valence-electron chi connectivity index (χ0n) is 19.5. The molecule has 0 heterocycles. The van der Waals surface area contributed by atoms with E-state index >= 15 is 0 Å². The predicted octanol–water partition coefficient (Wildman–Crippen LogP) is 4.84. The Kier molecular flexibility index (Phi) is 9.07. The lowest BCUT2D eigenvalue weighted by Crippen LogP contribution is -2.38. The van der Waals surface area contributed by atoms with Crippen molar-refractivity contribution in [3.8, 4) is 5.75 Å². The largest absolute Gasteiger partial charge is 0.382 e. The van der Waals surface area contributed by atoms with Crippen LogP contribution in [0.3, 0.4) is 0 Å². The molecule has 2 aromatic carbocycles. The molecule has 0 saturated carbocycles. The SMILES string of the molecule is CCC(C)N(Cc1ccc(N(CC)CC)cc1OS(=O)(=O)CC)C(=O)c1cccc(F)c1. The number of amides is 1. The Bertz CT molecular complexity index is 1020. The van der Waals surface area contributed by atoms with Crippen LogP contribution in [0.25, 0.3) is 0 Å². The molecule has 2 rings (SSSR count). The normalized spacial score (nSPS) is 12.3. The molecular formula is C24H33FN2O4S. The zero-order valence-corrected chi connectivity index (χ0v) is 20.3. The lowest BCUT2D eigenvalue weighted by atomic mass is 10.1. The van der Waals surface area contributed by atoms with E-state index in [0.29, 0.717) is 12.0 Å². The first-order valence-corrected chi connectivity index (χ1v) is 12.6. The van der Waals surface area contributed by atoms with Gasteiger partial charge < -0.3 is 14.0 Å². The van der Waals surface area contributed by atoms with E-state index in [2.05, 4.69) is 4.90 Å². The van der Waals surface area contributed by atoms with Crippen molar-refractivity contribution in [2.24, 2.45) is 0 Å². The molecule has 8 heteroatoms. The van der Waals surface area contributed by atoms with Gasteiger partial charge in [0.25, 0.3) is 5.91 Å². The van der Waals surface area contributed by atoms with Crippen molar-refractivity contribution in [1.82, 2.24) is 4.90 Å². The Hall–Kier alpha value is -2.61. The third-order valence-corrected chi connectivity index (χ3v) is 6.69. The second kappa shape index (κ2) is 11.3. The number of benzene rings is 2. The fourth-order valence-corrected chi connectivity index (χ4v) is 3.90. The summed E-state index contributed by atoms with van der Waals surface area (Å²) in [5.41, 5.74) is 1.66. The smallest absolute Gasteiger partial charge is 0.308 e. The summed E-state index contributed by atoms with van der Waals surface area (Å²) in [5.74, 6) is -0.770. The summed E-state index contributed by atoms with van der Waals surface area (Å²) in [6.07, 6.45) is 0.683. The maximum atomic E-state index is 13.7. The number of nitrogens with zero attached hydrogens (tertiary/aromatic N) is 2. The highest BCUT2D eigenvalue weighted by Crippen LogP contribution is 2.29. The van der Waals surface area contributed by atoms with Gasteiger partial charge in [-0.15, -0.1) is 0 Å². The molecule has 0 saturated heterocycles. The maximum absolute atomic E-state index is 13.7. The van der Waals surface area contributed by atoms with Crippen LogP contribution in [0.5, 0.6) is 5.75 Å². The number of hydrogen-bond acceptors (Lipinski definition) is 5. The third-order valence-electron chi connectivity index (χ3n) is 5.55. The molecule has 1 unspecified atom stereocenters. The lowest BCUT2D eigenvalue weighted by molar-refractivity contribution is 0.0670. The average molecular weight is 465 g/mol. The van der Waals surface area contributed by atoms with E-state index in [1.165, 1.54) is 25.1 Å². The van der Waals surface area contributed by atoms with Crippen LogP contribution in [0, 0.1) is 5.82 Å². The number of carbonyl (C=O) groups is 1. The van der Waals surface area contributed by atoms with Crippen LogP contribution in [-0.2, 0) is 16.7 Å². The van der Waals surface area contributed by atoms with Gasteiger partial charge in [0, 0.05) is 48.6 Å². The number of hydrogen-bond donors (Lipinski definition) is 0. The van der Waals surface area contributed by atoms with Crippen molar-refractivity contribution in [3.63, 3.8) is 0 Å². The molecule has 1 atom stereocenters. The van der Waals surface area contributed by atoms with Gasteiger partial charge in [0.1, 0.15) is 11.6 Å². The highest BCUT2D eigenvalue weighted by molar-refractivity contribution is 7.87. The Morgan fingerprint density at radius 1 is 1.06 bits per heavy atom. The highest BCUT2D eigenvalue weighted by Gasteiger charge is 2.24. The standard InChI is InChI=1S/C24H33FN2O4S/c1-6-18(5)27(24(28)19-11-10-12-21(25)15-19)17-20-13-14-22(26(7-2)8-3)16-23(20)31-32(29,30)9-4/h10-16,18H,6-9,17H2,1-5H3. The van der Waals surface area contributed by atoms with E-state index in [1.807, 2.05) is 33.8 Å². The van der Waals surface area contributed by atoms with E-state index in [-0.39, 0.29) is 35.6 Å². The van der Waals surface area contributed by atoms with Gasteiger partial charge in [-0.25, -0.2) is 4.39 Å². The first-order valence-electron chi connectivity index (χ1n) is 11.0. The van der Waals surface area contributed by atoms with Crippen LogP contribution in [0.4, 0.5) is 10.1 Å². The molecule has 0 aliphatic rings. The minimum Gasteiger partial charge on any atom is -0.382 e. The Balaban J connectivity index is 2.50. The third kappa shape index (κ3) is 6.45. The Morgan fingerprint density at radius 2 is 1.75 bits per heavy atom. The van der Waals surface area contributed by atoms with Gasteiger partial charge in [0.2, 0.25) is 0 Å². The molecule has 1 amide bonds. The van der Waals surface area contributed by atoms with E-state index in [4.69, 9.17) is 4.18 Å². The minimum absolute atomic E-state index is 0.136. The van der Waals surface area contributed by atoms with E-state index < -0.39 is 15.9 Å². The molecular weight excluding hydrogens is 431 g/mol. The van der Waals surface area contributed by atoms with Gasteiger partial charge in [0.05, 0.1) is 5.75 Å². The van der Waals surface area contributed by atoms with E-state index in [9.17, 15) is 17.6 Å². The molecule has 0 N–H and O–H groups in total. The summed E-state index contributed by atoms with van der Waals surface area (Å²) >= 11 is 0. The molecule has 0 aliphatic heterocycles. The van der Waals surface area contributed by atoms with Crippen LogP contribution in [-0.4, -0.2) is 44.1 Å². The van der Waals surface area contributed by atoms with Crippen molar-refractivity contribution in [1.29, 1.82) is 0 Å². The van der Waals surface area contributed by atoms with E-state index in [1.54, 1.807) is 23.1 Å². The molecule has 0 fully saturated rings. The quantitative estimate of drug-likeness (QED) is 0.445. The predicted molar refractivity (Wildman–Crippen MR) is 126 cm³/mol. The summed E-state index contributed by atoms with van der Waals surface area (Å²) < 4.78 is 43.6. The summed E-state index contributed by atoms with van der Waals surface area (Å²) in [4.78, 5) is 16.9. The lowest BCUT2D eigenvalue weighted by Gasteiger charge is -2.30. The highest BCUT2D eigenvalue weighted by atomic mass is 32.2.